The lowest BCUT2D eigenvalue weighted by atomic mass is 9.98. The van der Waals surface area contributed by atoms with Crippen molar-refractivity contribution in [3.63, 3.8) is 0 Å². The molecule has 1 aromatic rings. The molecular formula is C17H23FN2O4. The number of benzene rings is 1. The van der Waals surface area contributed by atoms with Gasteiger partial charge in [0, 0.05) is 13.3 Å². The first-order chi connectivity index (χ1) is 11.2. The van der Waals surface area contributed by atoms with E-state index in [2.05, 4.69) is 10.6 Å². The Balaban J connectivity index is 2.89. The zero-order valence-corrected chi connectivity index (χ0v) is 14.0. The number of rotatable bonds is 8. The molecule has 7 heteroatoms. The number of nitrogens with one attached hydrogen (secondary N) is 2. The zero-order valence-electron chi connectivity index (χ0n) is 14.0. The minimum Gasteiger partial charge on any atom is -0.480 e. The number of carbonyl (C=O) groups excluding carboxylic acids is 2. The lowest BCUT2D eigenvalue weighted by Crippen LogP contribution is -2.53. The lowest BCUT2D eigenvalue weighted by Gasteiger charge is -2.24. The third-order valence-corrected chi connectivity index (χ3v) is 3.82. The number of carbonyl (C=O) groups is 3. The van der Waals surface area contributed by atoms with Crippen molar-refractivity contribution in [2.75, 3.05) is 0 Å². The van der Waals surface area contributed by atoms with E-state index in [-0.39, 0.29) is 12.3 Å². The Morgan fingerprint density at radius 3 is 2.21 bits per heavy atom. The van der Waals surface area contributed by atoms with Crippen LogP contribution >= 0.6 is 0 Å². The highest BCUT2D eigenvalue weighted by Gasteiger charge is 2.29. The van der Waals surface area contributed by atoms with Crippen LogP contribution in [-0.2, 0) is 20.8 Å². The van der Waals surface area contributed by atoms with E-state index in [0.717, 1.165) is 0 Å². The van der Waals surface area contributed by atoms with Crippen molar-refractivity contribution in [1.82, 2.24) is 10.6 Å². The van der Waals surface area contributed by atoms with E-state index in [4.69, 9.17) is 0 Å². The second-order valence-electron chi connectivity index (χ2n) is 5.79. The number of hydrogen-bond acceptors (Lipinski definition) is 3. The van der Waals surface area contributed by atoms with Gasteiger partial charge in [-0.15, -0.1) is 0 Å². The van der Waals surface area contributed by atoms with E-state index in [0.29, 0.717) is 12.0 Å². The summed E-state index contributed by atoms with van der Waals surface area (Å²) in [5, 5.41) is 14.2. The second-order valence-corrected chi connectivity index (χ2v) is 5.79. The summed E-state index contributed by atoms with van der Waals surface area (Å²) < 4.78 is 13.0. The van der Waals surface area contributed by atoms with Crippen molar-refractivity contribution in [3.8, 4) is 0 Å². The van der Waals surface area contributed by atoms with E-state index in [1.165, 1.54) is 31.2 Å². The van der Waals surface area contributed by atoms with Gasteiger partial charge in [-0.25, -0.2) is 9.18 Å². The smallest absolute Gasteiger partial charge is 0.326 e. The molecule has 3 N–H and O–H groups in total. The van der Waals surface area contributed by atoms with Gasteiger partial charge in [-0.05, 0) is 23.6 Å². The quantitative estimate of drug-likeness (QED) is 0.669. The molecule has 0 saturated heterocycles. The summed E-state index contributed by atoms with van der Waals surface area (Å²) in [6.45, 7) is 4.83. The van der Waals surface area contributed by atoms with Crippen LogP contribution in [-0.4, -0.2) is 35.0 Å². The van der Waals surface area contributed by atoms with Crippen LogP contribution < -0.4 is 10.6 Å². The van der Waals surface area contributed by atoms with Crippen molar-refractivity contribution in [2.24, 2.45) is 5.92 Å². The largest absolute Gasteiger partial charge is 0.480 e. The molecule has 3 atom stereocenters. The fraction of sp³-hybridized carbons (Fsp3) is 0.471. The van der Waals surface area contributed by atoms with Crippen LogP contribution in [0.1, 0.15) is 32.8 Å². The Morgan fingerprint density at radius 2 is 1.75 bits per heavy atom. The molecule has 0 saturated carbocycles. The number of carboxylic acids is 1. The van der Waals surface area contributed by atoms with Gasteiger partial charge in [0.25, 0.3) is 0 Å². The first-order valence-electron chi connectivity index (χ1n) is 7.79. The molecule has 0 aromatic heterocycles. The average molecular weight is 338 g/mol. The van der Waals surface area contributed by atoms with Gasteiger partial charge in [0.05, 0.1) is 0 Å². The molecule has 0 heterocycles. The summed E-state index contributed by atoms with van der Waals surface area (Å²) >= 11 is 0. The molecule has 0 unspecified atom stereocenters. The molecule has 6 nitrogen and oxygen atoms in total. The third kappa shape index (κ3) is 5.98. The number of halogens is 1. The van der Waals surface area contributed by atoms with Gasteiger partial charge in [0.1, 0.15) is 17.9 Å². The number of carboxylic acid groups (broad SMARTS) is 1. The summed E-state index contributed by atoms with van der Waals surface area (Å²) in [5.74, 6) is -2.77. The van der Waals surface area contributed by atoms with Gasteiger partial charge in [-0.3, -0.25) is 9.59 Å². The predicted octanol–water partition coefficient (Wildman–Crippen LogP) is 1.49. The SMILES string of the molecule is CC[C@H](C)[C@@H](NC(=O)[C@@H](Cc1ccc(F)cc1)NC(C)=O)C(=O)O. The molecule has 0 spiro atoms. The lowest BCUT2D eigenvalue weighted by molar-refractivity contribution is -0.143. The molecule has 1 aromatic carbocycles. The summed E-state index contributed by atoms with van der Waals surface area (Å²) in [6, 6.07) is 3.58. The molecule has 1 rings (SSSR count). The summed E-state index contributed by atoms with van der Waals surface area (Å²) in [5.41, 5.74) is 0.653. The molecule has 132 valence electrons. The van der Waals surface area contributed by atoms with E-state index in [1.54, 1.807) is 6.92 Å². The van der Waals surface area contributed by atoms with Crippen LogP contribution in [0, 0.1) is 11.7 Å². The van der Waals surface area contributed by atoms with Crippen molar-refractivity contribution in [3.05, 3.63) is 35.6 Å². The van der Waals surface area contributed by atoms with Gasteiger partial charge in [0.15, 0.2) is 0 Å². The van der Waals surface area contributed by atoms with Crippen molar-refractivity contribution < 1.29 is 23.9 Å². The maximum Gasteiger partial charge on any atom is 0.326 e. The van der Waals surface area contributed by atoms with Crippen LogP contribution in [0.15, 0.2) is 24.3 Å². The highest BCUT2D eigenvalue weighted by molar-refractivity contribution is 5.90. The Bertz CT molecular complexity index is 589. The minimum absolute atomic E-state index is 0.137. The van der Waals surface area contributed by atoms with Gasteiger partial charge >= 0.3 is 5.97 Å². The number of hydrogen-bond donors (Lipinski definition) is 3. The third-order valence-electron chi connectivity index (χ3n) is 3.82. The molecule has 0 radical (unpaired) electrons. The van der Waals surface area contributed by atoms with Crippen molar-refractivity contribution >= 4 is 17.8 Å². The Labute approximate surface area is 140 Å². The summed E-state index contributed by atoms with van der Waals surface area (Å²) in [7, 11) is 0. The normalized spacial score (nSPS) is 14.3. The second kappa shape index (κ2) is 9.00. The fourth-order valence-electron chi connectivity index (χ4n) is 2.25. The highest BCUT2D eigenvalue weighted by atomic mass is 19.1. The topological polar surface area (TPSA) is 95.5 Å². The first kappa shape index (κ1) is 19.6. The molecule has 0 aliphatic rings. The maximum absolute atomic E-state index is 13.0. The van der Waals surface area contributed by atoms with Crippen molar-refractivity contribution in [1.29, 1.82) is 0 Å². The molecular weight excluding hydrogens is 315 g/mol. The first-order valence-corrected chi connectivity index (χ1v) is 7.79. The maximum atomic E-state index is 13.0. The van der Waals surface area contributed by atoms with Crippen LogP contribution in [0.5, 0.6) is 0 Å². The molecule has 0 bridgehead atoms. The molecule has 0 aliphatic carbocycles. The summed E-state index contributed by atoms with van der Waals surface area (Å²) in [4.78, 5) is 35.1. The number of amides is 2. The zero-order chi connectivity index (χ0) is 18.3. The highest BCUT2D eigenvalue weighted by Crippen LogP contribution is 2.10. The standard InChI is InChI=1S/C17H23FN2O4/c1-4-10(2)15(17(23)24)20-16(22)14(19-11(3)21)9-12-5-7-13(18)8-6-12/h5-8,10,14-15H,4,9H2,1-3H3,(H,19,21)(H,20,22)(H,23,24)/t10-,14+,15+/m0/s1. The van der Waals surface area contributed by atoms with Crippen LogP contribution in [0.4, 0.5) is 4.39 Å². The van der Waals surface area contributed by atoms with Crippen LogP contribution in [0.25, 0.3) is 0 Å². The monoisotopic (exact) mass is 338 g/mol. The van der Waals surface area contributed by atoms with Crippen LogP contribution in [0.2, 0.25) is 0 Å². The Morgan fingerprint density at radius 1 is 1.17 bits per heavy atom. The van der Waals surface area contributed by atoms with E-state index in [9.17, 15) is 23.9 Å². The Kier molecular flexibility index (Phi) is 7.35. The van der Waals surface area contributed by atoms with Crippen molar-refractivity contribution in [2.45, 2.75) is 45.7 Å². The van der Waals surface area contributed by atoms with Gasteiger partial charge in [-0.2, -0.15) is 0 Å². The molecule has 0 aliphatic heterocycles. The predicted molar refractivity (Wildman–Crippen MR) is 86.7 cm³/mol. The molecule has 24 heavy (non-hydrogen) atoms. The Hall–Kier alpha value is -2.44. The minimum atomic E-state index is -1.12. The van der Waals surface area contributed by atoms with Gasteiger partial charge in [-0.1, -0.05) is 32.4 Å². The molecule has 0 fully saturated rings. The summed E-state index contributed by atoms with van der Waals surface area (Å²) in [6.07, 6.45) is 0.721. The van der Waals surface area contributed by atoms with E-state index < -0.39 is 35.7 Å². The number of aliphatic carboxylic acids is 1. The van der Waals surface area contributed by atoms with Gasteiger partial charge < -0.3 is 15.7 Å². The fourth-order valence-corrected chi connectivity index (χ4v) is 2.25. The molecule has 2 amide bonds. The average Bonchev–Trinajstić information content (AvgIpc) is 2.52. The van der Waals surface area contributed by atoms with Gasteiger partial charge in [0.2, 0.25) is 11.8 Å². The van der Waals surface area contributed by atoms with E-state index in [1.807, 2.05) is 6.92 Å². The van der Waals surface area contributed by atoms with E-state index >= 15 is 0 Å². The van der Waals surface area contributed by atoms with Crippen LogP contribution in [0.3, 0.4) is 0 Å².